The minimum Gasteiger partial charge on any atom is -0.443 e. The predicted molar refractivity (Wildman–Crippen MR) is 107 cm³/mol. The van der Waals surface area contributed by atoms with Crippen LogP contribution >= 0.6 is 11.6 Å². The summed E-state index contributed by atoms with van der Waals surface area (Å²) in [5.41, 5.74) is 5.93. The quantitative estimate of drug-likeness (QED) is 0.769. The summed E-state index contributed by atoms with van der Waals surface area (Å²) in [5, 5.41) is 6.29. The zero-order valence-corrected chi connectivity index (χ0v) is 16.6. The average molecular weight is 403 g/mol. The highest BCUT2D eigenvalue weighted by atomic mass is 35.5. The Kier molecular flexibility index (Phi) is 6.28. The van der Waals surface area contributed by atoms with Gasteiger partial charge in [-0.25, -0.2) is 0 Å². The number of amides is 1. The van der Waals surface area contributed by atoms with E-state index in [-0.39, 0.29) is 11.8 Å². The number of aromatic nitrogens is 1. The molecule has 0 aliphatic carbocycles. The highest BCUT2D eigenvalue weighted by Crippen LogP contribution is 2.41. The van der Waals surface area contributed by atoms with Crippen molar-refractivity contribution in [1.82, 2.24) is 9.99 Å². The first-order chi connectivity index (χ1) is 13.5. The van der Waals surface area contributed by atoms with E-state index in [0.717, 1.165) is 5.56 Å². The minimum atomic E-state index is -1.14. The van der Waals surface area contributed by atoms with Gasteiger partial charge in [-0.2, -0.15) is 5.01 Å². The van der Waals surface area contributed by atoms with Crippen molar-refractivity contribution in [3.05, 3.63) is 64.9 Å². The lowest BCUT2D eigenvalue weighted by Gasteiger charge is -2.36. The molecule has 0 saturated carbocycles. The second-order valence-electron chi connectivity index (χ2n) is 6.43. The zero-order chi connectivity index (χ0) is 20.1. The summed E-state index contributed by atoms with van der Waals surface area (Å²) >= 11 is 6.32. The van der Waals surface area contributed by atoms with Gasteiger partial charge in [0, 0.05) is 31.5 Å². The van der Waals surface area contributed by atoms with Crippen LogP contribution in [0.15, 0.2) is 53.9 Å². The molecule has 2 aromatic rings. The molecule has 28 heavy (non-hydrogen) atoms. The molecule has 2 atom stereocenters. The van der Waals surface area contributed by atoms with E-state index in [1.807, 2.05) is 30.3 Å². The first kappa shape index (κ1) is 20.3. The minimum absolute atomic E-state index is 0.232. The largest absolute Gasteiger partial charge is 0.443 e. The Hall–Kier alpha value is -2.48. The predicted octanol–water partition coefficient (Wildman–Crippen LogP) is 2.88. The molecule has 1 aliphatic heterocycles. The Bertz CT molecular complexity index is 862. The van der Waals surface area contributed by atoms with E-state index in [0.29, 0.717) is 30.0 Å². The number of halogens is 1. The van der Waals surface area contributed by atoms with Crippen molar-refractivity contribution in [1.29, 1.82) is 0 Å². The SMILES string of the molecule is CO[C@@H](C)C(=O)N1N=C(c2cnccc2Cl)OC1(CCCN)c1ccccc1. The molecule has 1 aliphatic rings. The lowest BCUT2D eigenvalue weighted by molar-refractivity contribution is -0.162. The van der Waals surface area contributed by atoms with Crippen LogP contribution in [0.3, 0.4) is 0 Å². The summed E-state index contributed by atoms with van der Waals surface area (Å²) in [6.45, 7) is 2.12. The molecule has 2 heterocycles. The van der Waals surface area contributed by atoms with Gasteiger partial charge in [-0.05, 0) is 26.0 Å². The number of carbonyl (C=O) groups is 1. The summed E-state index contributed by atoms with van der Waals surface area (Å²) in [6, 6.07) is 11.1. The van der Waals surface area contributed by atoms with Gasteiger partial charge in [-0.1, -0.05) is 41.9 Å². The van der Waals surface area contributed by atoms with Gasteiger partial charge < -0.3 is 15.2 Å². The van der Waals surface area contributed by atoms with E-state index in [9.17, 15) is 4.79 Å². The summed E-state index contributed by atoms with van der Waals surface area (Å²) in [7, 11) is 1.48. The van der Waals surface area contributed by atoms with Crippen molar-refractivity contribution >= 4 is 23.4 Å². The number of pyridine rings is 1. The van der Waals surface area contributed by atoms with Crippen molar-refractivity contribution < 1.29 is 14.3 Å². The van der Waals surface area contributed by atoms with Crippen molar-refractivity contribution in [2.75, 3.05) is 13.7 Å². The van der Waals surface area contributed by atoms with Crippen molar-refractivity contribution in [2.24, 2.45) is 10.8 Å². The molecule has 0 spiro atoms. The second-order valence-corrected chi connectivity index (χ2v) is 6.84. The molecule has 3 rings (SSSR count). The number of ether oxygens (including phenoxy) is 2. The number of nitrogens with two attached hydrogens (primary N) is 1. The van der Waals surface area contributed by atoms with Crippen LogP contribution in [0.5, 0.6) is 0 Å². The summed E-state index contributed by atoms with van der Waals surface area (Å²) < 4.78 is 11.6. The maximum atomic E-state index is 13.1. The van der Waals surface area contributed by atoms with E-state index in [4.69, 9.17) is 26.8 Å². The lowest BCUT2D eigenvalue weighted by atomic mass is 9.96. The molecule has 1 amide bonds. The third-order valence-corrected chi connectivity index (χ3v) is 4.98. The molecule has 1 aromatic heterocycles. The van der Waals surface area contributed by atoms with Crippen molar-refractivity contribution in [2.45, 2.75) is 31.6 Å². The second kappa shape index (κ2) is 8.68. The fourth-order valence-electron chi connectivity index (χ4n) is 3.06. The Labute approximate surface area is 169 Å². The van der Waals surface area contributed by atoms with Gasteiger partial charge in [0.15, 0.2) is 0 Å². The first-order valence-corrected chi connectivity index (χ1v) is 9.41. The van der Waals surface area contributed by atoms with Crippen LogP contribution < -0.4 is 5.73 Å². The highest BCUT2D eigenvalue weighted by molar-refractivity contribution is 6.33. The molecule has 148 valence electrons. The molecular weight excluding hydrogens is 380 g/mol. The first-order valence-electron chi connectivity index (χ1n) is 9.03. The molecule has 0 bridgehead atoms. The van der Waals surface area contributed by atoms with Crippen LogP contribution in [0.4, 0.5) is 0 Å². The standard InChI is InChI=1S/C20H23ClN4O3/c1-14(27-2)19(26)25-20(10-6-11-22,15-7-4-3-5-8-15)28-18(24-25)16-13-23-12-9-17(16)21/h3-5,7-9,12-14H,6,10-11,22H2,1-2H3/t14-,20?/m0/s1. The number of hydrazone groups is 1. The van der Waals surface area contributed by atoms with Gasteiger partial charge >= 0.3 is 0 Å². The van der Waals surface area contributed by atoms with Crippen LogP contribution in [0.25, 0.3) is 0 Å². The van der Waals surface area contributed by atoms with Crippen LogP contribution in [0.1, 0.15) is 30.9 Å². The Balaban J connectivity index is 2.13. The third kappa shape index (κ3) is 3.73. The van der Waals surface area contributed by atoms with E-state index in [2.05, 4.69) is 10.1 Å². The van der Waals surface area contributed by atoms with E-state index in [1.165, 1.54) is 12.1 Å². The van der Waals surface area contributed by atoms with Crippen LogP contribution in [-0.4, -0.2) is 41.6 Å². The zero-order valence-electron chi connectivity index (χ0n) is 15.8. The molecule has 0 fully saturated rings. The number of hydrogen-bond donors (Lipinski definition) is 1. The van der Waals surface area contributed by atoms with E-state index >= 15 is 0 Å². The number of nitrogens with zero attached hydrogens (tertiary/aromatic N) is 3. The topological polar surface area (TPSA) is 90.0 Å². The fraction of sp³-hybridized carbons (Fsp3) is 0.350. The van der Waals surface area contributed by atoms with Gasteiger partial charge in [0.05, 0.1) is 10.6 Å². The summed E-state index contributed by atoms with van der Waals surface area (Å²) in [5.74, 6) is -0.0889. The highest BCUT2D eigenvalue weighted by Gasteiger charge is 2.50. The van der Waals surface area contributed by atoms with Gasteiger partial charge in [0.1, 0.15) is 6.10 Å². The Morgan fingerprint density at radius 1 is 1.36 bits per heavy atom. The fourth-order valence-corrected chi connectivity index (χ4v) is 3.25. The van der Waals surface area contributed by atoms with E-state index in [1.54, 1.807) is 25.4 Å². The lowest BCUT2D eigenvalue weighted by Crippen LogP contribution is -2.48. The molecule has 2 N–H and O–H groups in total. The van der Waals surface area contributed by atoms with Crippen LogP contribution in [0.2, 0.25) is 5.02 Å². The van der Waals surface area contributed by atoms with Crippen LogP contribution in [0, 0.1) is 0 Å². The van der Waals surface area contributed by atoms with Gasteiger partial charge in [-0.3, -0.25) is 9.78 Å². The van der Waals surface area contributed by atoms with Gasteiger partial charge in [0.25, 0.3) is 5.91 Å². The average Bonchev–Trinajstić information content (AvgIpc) is 3.12. The van der Waals surface area contributed by atoms with Gasteiger partial charge in [0.2, 0.25) is 11.6 Å². The number of rotatable bonds is 7. The molecule has 1 aromatic carbocycles. The Morgan fingerprint density at radius 3 is 2.75 bits per heavy atom. The molecule has 0 saturated heterocycles. The molecular formula is C20H23ClN4O3. The van der Waals surface area contributed by atoms with Gasteiger partial charge in [-0.15, -0.1) is 5.10 Å². The number of hydrogen-bond acceptors (Lipinski definition) is 6. The van der Waals surface area contributed by atoms with E-state index < -0.39 is 11.8 Å². The Morgan fingerprint density at radius 2 is 2.11 bits per heavy atom. The molecule has 8 heteroatoms. The number of benzene rings is 1. The van der Waals surface area contributed by atoms with Crippen molar-refractivity contribution in [3.8, 4) is 0 Å². The maximum absolute atomic E-state index is 13.1. The summed E-state index contributed by atoms with van der Waals surface area (Å²) in [6.07, 6.45) is 3.53. The molecule has 1 unspecified atom stereocenters. The maximum Gasteiger partial charge on any atom is 0.275 e. The molecule has 7 nitrogen and oxygen atoms in total. The number of carbonyl (C=O) groups excluding carboxylic acids is 1. The van der Waals surface area contributed by atoms with Crippen molar-refractivity contribution in [3.63, 3.8) is 0 Å². The smallest absolute Gasteiger partial charge is 0.275 e. The third-order valence-electron chi connectivity index (χ3n) is 4.65. The molecule has 0 radical (unpaired) electrons. The number of methoxy groups -OCH3 is 1. The monoisotopic (exact) mass is 402 g/mol. The normalized spacial score (nSPS) is 19.9. The summed E-state index contributed by atoms with van der Waals surface area (Å²) in [4.78, 5) is 17.2. The van der Waals surface area contributed by atoms with Crippen LogP contribution in [-0.2, 0) is 20.0 Å².